The maximum absolute atomic E-state index is 12.4. The SMILES string of the molecule is COc1cccc2c1NC(CF)C2. The molecule has 0 fully saturated rings. The number of nitrogens with one attached hydrogen (secondary N) is 1. The maximum Gasteiger partial charge on any atom is 0.142 e. The molecule has 2 rings (SSSR count). The van der Waals surface area contributed by atoms with E-state index in [9.17, 15) is 4.39 Å². The fraction of sp³-hybridized carbons (Fsp3) is 0.400. The topological polar surface area (TPSA) is 21.3 Å². The monoisotopic (exact) mass is 181 g/mol. The third-order valence-corrected chi connectivity index (χ3v) is 2.33. The molecule has 1 heterocycles. The first-order chi connectivity index (χ1) is 6.35. The molecule has 1 N–H and O–H groups in total. The Bertz CT molecular complexity index is 314. The minimum absolute atomic E-state index is 0.0775. The Labute approximate surface area is 76.7 Å². The van der Waals surface area contributed by atoms with E-state index in [0.29, 0.717) is 0 Å². The van der Waals surface area contributed by atoms with E-state index in [2.05, 4.69) is 5.32 Å². The van der Waals surface area contributed by atoms with Crippen LogP contribution in [0.15, 0.2) is 18.2 Å². The van der Waals surface area contributed by atoms with Gasteiger partial charge in [0.05, 0.1) is 18.8 Å². The minimum Gasteiger partial charge on any atom is -0.495 e. The molecule has 0 spiro atoms. The summed E-state index contributed by atoms with van der Waals surface area (Å²) < 4.78 is 17.6. The summed E-state index contributed by atoms with van der Waals surface area (Å²) in [5, 5.41) is 3.10. The predicted octanol–water partition coefficient (Wildman–Crippen LogP) is 2.00. The van der Waals surface area contributed by atoms with Gasteiger partial charge in [-0.25, -0.2) is 4.39 Å². The van der Waals surface area contributed by atoms with Crippen LogP contribution >= 0.6 is 0 Å². The van der Waals surface area contributed by atoms with E-state index in [4.69, 9.17) is 4.74 Å². The average molecular weight is 181 g/mol. The van der Waals surface area contributed by atoms with Crippen LogP contribution in [0.1, 0.15) is 5.56 Å². The third-order valence-electron chi connectivity index (χ3n) is 2.33. The van der Waals surface area contributed by atoms with Crippen LogP contribution < -0.4 is 10.1 Å². The van der Waals surface area contributed by atoms with E-state index in [-0.39, 0.29) is 12.7 Å². The van der Waals surface area contributed by atoms with Gasteiger partial charge in [-0.2, -0.15) is 0 Å². The zero-order valence-electron chi connectivity index (χ0n) is 7.51. The molecule has 1 aromatic carbocycles. The summed E-state index contributed by atoms with van der Waals surface area (Å²) in [6.07, 6.45) is 0.753. The van der Waals surface area contributed by atoms with Crippen molar-refractivity contribution in [3.8, 4) is 5.75 Å². The van der Waals surface area contributed by atoms with Crippen molar-refractivity contribution in [3.63, 3.8) is 0 Å². The molecule has 13 heavy (non-hydrogen) atoms. The van der Waals surface area contributed by atoms with Gasteiger partial charge in [0.1, 0.15) is 12.4 Å². The number of methoxy groups -OCH3 is 1. The zero-order chi connectivity index (χ0) is 9.26. The normalized spacial score (nSPS) is 19.4. The molecule has 0 saturated heterocycles. The Balaban J connectivity index is 2.33. The zero-order valence-corrected chi connectivity index (χ0v) is 7.51. The molecule has 1 aromatic rings. The molecule has 1 atom stereocenters. The number of benzene rings is 1. The molecule has 2 nitrogen and oxygen atoms in total. The van der Waals surface area contributed by atoms with Crippen molar-refractivity contribution in [2.24, 2.45) is 0 Å². The lowest BCUT2D eigenvalue weighted by Gasteiger charge is -2.08. The molecule has 0 bridgehead atoms. The Kier molecular flexibility index (Phi) is 2.08. The molecule has 0 amide bonds. The molecule has 0 saturated carbocycles. The van der Waals surface area contributed by atoms with Crippen molar-refractivity contribution in [3.05, 3.63) is 23.8 Å². The van der Waals surface area contributed by atoms with Crippen LogP contribution in [0.25, 0.3) is 0 Å². The van der Waals surface area contributed by atoms with Crippen molar-refractivity contribution < 1.29 is 9.13 Å². The van der Waals surface area contributed by atoms with Crippen molar-refractivity contribution >= 4 is 5.69 Å². The molecule has 1 aliphatic rings. The second-order valence-corrected chi connectivity index (χ2v) is 3.19. The largest absolute Gasteiger partial charge is 0.495 e. The number of para-hydroxylation sites is 1. The number of hydrogen-bond acceptors (Lipinski definition) is 2. The lowest BCUT2D eigenvalue weighted by atomic mass is 10.1. The van der Waals surface area contributed by atoms with Gasteiger partial charge in [0.2, 0.25) is 0 Å². The van der Waals surface area contributed by atoms with Crippen molar-refractivity contribution in [1.82, 2.24) is 0 Å². The Morgan fingerprint density at radius 2 is 2.46 bits per heavy atom. The number of halogens is 1. The summed E-state index contributed by atoms with van der Waals surface area (Å²) in [4.78, 5) is 0. The molecule has 1 aliphatic heterocycles. The van der Waals surface area contributed by atoms with Gasteiger partial charge >= 0.3 is 0 Å². The summed E-state index contributed by atoms with van der Waals surface area (Å²) in [5.74, 6) is 0.799. The second-order valence-electron chi connectivity index (χ2n) is 3.19. The molecular weight excluding hydrogens is 169 g/mol. The molecule has 0 radical (unpaired) electrons. The second kappa shape index (κ2) is 3.24. The number of fused-ring (bicyclic) bond motifs is 1. The summed E-state index contributed by atoms with van der Waals surface area (Å²) in [6.45, 7) is -0.335. The van der Waals surface area contributed by atoms with E-state index in [1.807, 2.05) is 18.2 Å². The molecule has 0 aromatic heterocycles. The lowest BCUT2D eigenvalue weighted by molar-refractivity contribution is 0.415. The first-order valence-corrected chi connectivity index (χ1v) is 4.33. The van der Waals surface area contributed by atoms with Gasteiger partial charge in [0, 0.05) is 0 Å². The smallest absolute Gasteiger partial charge is 0.142 e. The van der Waals surface area contributed by atoms with E-state index >= 15 is 0 Å². The van der Waals surface area contributed by atoms with Gasteiger partial charge in [-0.15, -0.1) is 0 Å². The van der Waals surface area contributed by atoms with Gasteiger partial charge in [-0.1, -0.05) is 12.1 Å². The number of hydrogen-bond donors (Lipinski definition) is 1. The van der Waals surface area contributed by atoms with Crippen LogP contribution in [0.2, 0.25) is 0 Å². The lowest BCUT2D eigenvalue weighted by Crippen LogP contribution is -2.17. The first kappa shape index (κ1) is 8.35. The Morgan fingerprint density at radius 1 is 1.62 bits per heavy atom. The van der Waals surface area contributed by atoms with Crippen LogP contribution in [0, 0.1) is 0 Å². The van der Waals surface area contributed by atoms with Gasteiger partial charge in [-0.05, 0) is 18.1 Å². The summed E-state index contributed by atoms with van der Waals surface area (Å²) >= 11 is 0. The van der Waals surface area contributed by atoms with E-state index in [1.54, 1.807) is 7.11 Å². The van der Waals surface area contributed by atoms with E-state index < -0.39 is 0 Å². The van der Waals surface area contributed by atoms with Crippen LogP contribution in [-0.2, 0) is 6.42 Å². The molecule has 3 heteroatoms. The molecule has 1 unspecified atom stereocenters. The minimum atomic E-state index is -0.335. The van der Waals surface area contributed by atoms with Crippen LogP contribution in [-0.4, -0.2) is 19.8 Å². The molecule has 70 valence electrons. The quantitative estimate of drug-likeness (QED) is 0.753. The van der Waals surface area contributed by atoms with Gasteiger partial charge in [0.25, 0.3) is 0 Å². The summed E-state index contributed by atoms with van der Waals surface area (Å²) in [7, 11) is 1.63. The van der Waals surface area contributed by atoms with Gasteiger partial charge in [0.15, 0.2) is 0 Å². The van der Waals surface area contributed by atoms with Gasteiger partial charge < -0.3 is 10.1 Å². The Morgan fingerprint density at radius 3 is 3.15 bits per heavy atom. The van der Waals surface area contributed by atoms with Crippen molar-refractivity contribution in [1.29, 1.82) is 0 Å². The number of alkyl halides is 1. The number of anilines is 1. The van der Waals surface area contributed by atoms with E-state index in [0.717, 1.165) is 23.4 Å². The van der Waals surface area contributed by atoms with Crippen LogP contribution in [0.3, 0.4) is 0 Å². The highest BCUT2D eigenvalue weighted by molar-refractivity contribution is 5.66. The Hall–Kier alpha value is -1.25. The fourth-order valence-corrected chi connectivity index (χ4v) is 1.69. The van der Waals surface area contributed by atoms with Crippen LogP contribution in [0.5, 0.6) is 5.75 Å². The summed E-state index contributed by atoms with van der Waals surface area (Å²) in [5.41, 5.74) is 2.09. The third kappa shape index (κ3) is 1.34. The predicted molar refractivity (Wildman–Crippen MR) is 50.1 cm³/mol. The summed E-state index contributed by atoms with van der Waals surface area (Å²) in [6, 6.07) is 5.73. The highest BCUT2D eigenvalue weighted by atomic mass is 19.1. The van der Waals surface area contributed by atoms with Crippen molar-refractivity contribution in [2.75, 3.05) is 19.1 Å². The number of ether oxygens (including phenoxy) is 1. The van der Waals surface area contributed by atoms with Crippen molar-refractivity contribution in [2.45, 2.75) is 12.5 Å². The molecule has 0 aliphatic carbocycles. The maximum atomic E-state index is 12.4. The first-order valence-electron chi connectivity index (χ1n) is 4.33. The van der Waals surface area contributed by atoms with Crippen LogP contribution in [0.4, 0.5) is 10.1 Å². The average Bonchev–Trinajstić information content (AvgIpc) is 2.59. The fourth-order valence-electron chi connectivity index (χ4n) is 1.69. The highest BCUT2D eigenvalue weighted by Crippen LogP contribution is 2.34. The number of rotatable bonds is 2. The van der Waals surface area contributed by atoms with Gasteiger partial charge in [-0.3, -0.25) is 0 Å². The standard InChI is InChI=1S/C10H12FNO/c1-13-9-4-2-3-7-5-8(6-11)12-10(7)9/h2-4,8,12H,5-6H2,1H3. The van der Waals surface area contributed by atoms with E-state index in [1.165, 1.54) is 0 Å². The molecular formula is C10H12FNO. The highest BCUT2D eigenvalue weighted by Gasteiger charge is 2.22.